The second-order valence-electron chi connectivity index (χ2n) is 6.93. The summed E-state index contributed by atoms with van der Waals surface area (Å²) in [6.07, 6.45) is 2.18. The van der Waals surface area contributed by atoms with Gasteiger partial charge in [-0.05, 0) is 32.8 Å². The first-order valence-corrected chi connectivity index (χ1v) is 12.0. The highest BCUT2D eigenvalue weighted by atomic mass is 32.2. The first-order chi connectivity index (χ1) is 13.2. The van der Waals surface area contributed by atoms with Gasteiger partial charge in [0, 0.05) is 23.8 Å². The molecule has 0 aliphatic carbocycles. The van der Waals surface area contributed by atoms with Crippen molar-refractivity contribution >= 4 is 33.3 Å². The topological polar surface area (TPSA) is 108 Å². The summed E-state index contributed by atoms with van der Waals surface area (Å²) in [7, 11) is -3.08. The Kier molecular flexibility index (Phi) is 7.61. The Labute approximate surface area is 170 Å². The van der Waals surface area contributed by atoms with E-state index in [2.05, 4.69) is 4.98 Å². The molecule has 1 saturated heterocycles. The van der Waals surface area contributed by atoms with E-state index in [1.165, 1.54) is 13.0 Å². The number of carbonyl (C=O) groups is 2. The van der Waals surface area contributed by atoms with Crippen molar-refractivity contribution in [3.8, 4) is 6.07 Å². The number of hydrogen-bond acceptors (Lipinski definition) is 7. The van der Waals surface area contributed by atoms with E-state index in [9.17, 15) is 23.3 Å². The van der Waals surface area contributed by atoms with E-state index in [1.807, 2.05) is 13.0 Å². The molecule has 1 unspecified atom stereocenters. The van der Waals surface area contributed by atoms with Crippen LogP contribution in [0.2, 0.25) is 0 Å². The molecule has 28 heavy (non-hydrogen) atoms. The molecule has 1 fully saturated rings. The summed E-state index contributed by atoms with van der Waals surface area (Å²) < 4.78 is 23.6. The molecule has 1 aromatic heterocycles. The van der Waals surface area contributed by atoms with Crippen LogP contribution in [0.4, 0.5) is 0 Å². The van der Waals surface area contributed by atoms with Crippen molar-refractivity contribution in [1.82, 2.24) is 9.88 Å². The number of sulfone groups is 1. The van der Waals surface area contributed by atoms with Gasteiger partial charge in [-0.3, -0.25) is 9.59 Å². The number of pyridine rings is 1. The molecule has 1 aliphatic rings. The van der Waals surface area contributed by atoms with Crippen molar-refractivity contribution in [2.75, 3.05) is 23.8 Å². The molecule has 1 amide bonds. The van der Waals surface area contributed by atoms with Crippen molar-refractivity contribution in [3.63, 3.8) is 0 Å². The average molecular weight is 424 g/mol. The molecule has 1 aliphatic heterocycles. The lowest BCUT2D eigenvalue weighted by molar-refractivity contribution is -0.130. The molecule has 2 rings (SSSR count). The number of hydrogen-bond donors (Lipinski definition) is 0. The lowest BCUT2D eigenvalue weighted by atomic mass is 10.1. The summed E-state index contributed by atoms with van der Waals surface area (Å²) in [5.41, 5.74) is 1.18. The van der Waals surface area contributed by atoms with Crippen LogP contribution in [0.1, 0.15) is 54.7 Å². The fourth-order valence-electron chi connectivity index (χ4n) is 3.20. The smallest absolute Gasteiger partial charge is 0.233 e. The number of aryl methyl sites for hydroxylation is 1. The van der Waals surface area contributed by atoms with Gasteiger partial charge in [0.05, 0.1) is 22.8 Å². The van der Waals surface area contributed by atoms with Gasteiger partial charge in [0.1, 0.15) is 11.1 Å². The van der Waals surface area contributed by atoms with Crippen LogP contribution < -0.4 is 0 Å². The van der Waals surface area contributed by atoms with Crippen molar-refractivity contribution in [3.05, 3.63) is 22.9 Å². The quantitative estimate of drug-likeness (QED) is 0.466. The first-order valence-electron chi connectivity index (χ1n) is 9.24. The van der Waals surface area contributed by atoms with Crippen LogP contribution in [-0.2, 0) is 14.6 Å². The maximum Gasteiger partial charge on any atom is 0.233 e. The SMILES string of the molecule is CCCCN(C(=O)CSc1nc(C)c(C(C)=O)cc1C#N)C1CCS(=O)(=O)C1. The predicted octanol–water partition coefficient (Wildman–Crippen LogP) is 2.37. The van der Waals surface area contributed by atoms with Gasteiger partial charge < -0.3 is 4.90 Å². The first kappa shape index (κ1) is 22.4. The van der Waals surface area contributed by atoms with Crippen LogP contribution in [0.5, 0.6) is 0 Å². The van der Waals surface area contributed by atoms with Crippen molar-refractivity contribution in [2.24, 2.45) is 0 Å². The van der Waals surface area contributed by atoms with Gasteiger partial charge in [-0.2, -0.15) is 5.26 Å². The zero-order valence-electron chi connectivity index (χ0n) is 16.4. The van der Waals surface area contributed by atoms with Crippen molar-refractivity contribution in [2.45, 2.75) is 51.1 Å². The molecule has 1 atom stereocenters. The molecule has 7 nitrogen and oxygen atoms in total. The van der Waals surface area contributed by atoms with Gasteiger partial charge in [0.2, 0.25) is 5.91 Å². The fraction of sp³-hybridized carbons (Fsp3) is 0.579. The van der Waals surface area contributed by atoms with Crippen LogP contribution >= 0.6 is 11.8 Å². The number of unbranched alkanes of at least 4 members (excludes halogenated alkanes) is 1. The zero-order valence-corrected chi connectivity index (χ0v) is 18.0. The highest BCUT2D eigenvalue weighted by Crippen LogP contribution is 2.25. The van der Waals surface area contributed by atoms with Crippen molar-refractivity contribution in [1.29, 1.82) is 5.26 Å². The average Bonchev–Trinajstić information content (AvgIpc) is 2.99. The molecule has 0 radical (unpaired) electrons. The highest BCUT2D eigenvalue weighted by Gasteiger charge is 2.34. The number of Topliss-reactive ketones (excluding diaryl/α,β-unsaturated/α-hetero) is 1. The summed E-state index contributed by atoms with van der Waals surface area (Å²) in [5.74, 6) is -0.115. The monoisotopic (exact) mass is 423 g/mol. The van der Waals surface area contributed by atoms with Gasteiger partial charge in [-0.1, -0.05) is 25.1 Å². The number of ketones is 1. The number of carbonyl (C=O) groups excluding carboxylic acids is 2. The van der Waals surface area contributed by atoms with E-state index in [0.29, 0.717) is 29.2 Å². The molecule has 2 heterocycles. The molecule has 0 aromatic carbocycles. The molecule has 0 spiro atoms. The fourth-order valence-corrected chi connectivity index (χ4v) is 5.82. The minimum absolute atomic E-state index is 0.0151. The predicted molar refractivity (Wildman–Crippen MR) is 108 cm³/mol. The molecular formula is C19H25N3O4S2. The molecular weight excluding hydrogens is 398 g/mol. The Morgan fingerprint density at radius 1 is 1.43 bits per heavy atom. The number of thioether (sulfide) groups is 1. The molecule has 0 bridgehead atoms. The molecule has 152 valence electrons. The van der Waals surface area contributed by atoms with E-state index in [4.69, 9.17) is 0 Å². The minimum atomic E-state index is -3.08. The van der Waals surface area contributed by atoms with E-state index < -0.39 is 9.84 Å². The summed E-state index contributed by atoms with van der Waals surface area (Å²) in [4.78, 5) is 30.5. The van der Waals surface area contributed by atoms with E-state index in [-0.39, 0.29) is 40.6 Å². The van der Waals surface area contributed by atoms with Crippen LogP contribution in [0.3, 0.4) is 0 Å². The van der Waals surface area contributed by atoms with Crippen LogP contribution in [0.25, 0.3) is 0 Å². The van der Waals surface area contributed by atoms with E-state index in [1.54, 1.807) is 11.8 Å². The lowest BCUT2D eigenvalue weighted by Crippen LogP contribution is -2.42. The Hall–Kier alpha value is -1.92. The van der Waals surface area contributed by atoms with Gasteiger partial charge in [-0.15, -0.1) is 0 Å². The Morgan fingerprint density at radius 3 is 2.68 bits per heavy atom. The largest absolute Gasteiger partial charge is 0.338 e. The van der Waals surface area contributed by atoms with Gasteiger partial charge >= 0.3 is 0 Å². The third-order valence-electron chi connectivity index (χ3n) is 4.73. The third kappa shape index (κ3) is 5.55. The number of nitrogens with zero attached hydrogens (tertiary/aromatic N) is 3. The molecule has 1 aromatic rings. The Bertz CT molecular complexity index is 906. The van der Waals surface area contributed by atoms with Crippen LogP contribution in [-0.4, -0.2) is 59.8 Å². The lowest BCUT2D eigenvalue weighted by Gasteiger charge is -2.28. The van der Waals surface area contributed by atoms with Gasteiger partial charge in [0.25, 0.3) is 0 Å². The maximum absolute atomic E-state index is 12.8. The number of rotatable bonds is 8. The molecule has 0 N–H and O–H groups in total. The number of aromatic nitrogens is 1. The summed E-state index contributed by atoms with van der Waals surface area (Å²) in [6, 6.07) is 3.26. The number of amides is 1. The normalized spacial score (nSPS) is 17.9. The minimum Gasteiger partial charge on any atom is -0.338 e. The Balaban J connectivity index is 2.15. The second kappa shape index (κ2) is 9.52. The maximum atomic E-state index is 12.8. The summed E-state index contributed by atoms with van der Waals surface area (Å²) >= 11 is 1.15. The van der Waals surface area contributed by atoms with E-state index in [0.717, 1.165) is 24.6 Å². The van der Waals surface area contributed by atoms with Gasteiger partial charge in [-0.25, -0.2) is 13.4 Å². The van der Waals surface area contributed by atoms with E-state index >= 15 is 0 Å². The third-order valence-corrected chi connectivity index (χ3v) is 7.46. The standard InChI is InChI=1S/C19H25N3O4S2/c1-4-5-7-22(16-6-8-28(25,26)12-16)18(24)11-27-19-15(10-20)9-17(14(3)23)13(2)21-19/h9,16H,4-8,11-12H2,1-3H3. The Morgan fingerprint density at radius 2 is 2.14 bits per heavy atom. The highest BCUT2D eigenvalue weighted by molar-refractivity contribution is 8.00. The van der Waals surface area contributed by atoms with Gasteiger partial charge in [0.15, 0.2) is 15.6 Å². The van der Waals surface area contributed by atoms with Crippen LogP contribution in [0, 0.1) is 18.3 Å². The second-order valence-corrected chi connectivity index (χ2v) is 10.1. The number of nitriles is 1. The molecule has 9 heteroatoms. The van der Waals surface area contributed by atoms with Crippen molar-refractivity contribution < 1.29 is 18.0 Å². The van der Waals surface area contributed by atoms with Crippen LogP contribution in [0.15, 0.2) is 11.1 Å². The summed E-state index contributed by atoms with van der Waals surface area (Å²) in [6.45, 7) is 5.66. The zero-order chi connectivity index (χ0) is 20.9. The summed E-state index contributed by atoms with van der Waals surface area (Å²) in [5, 5.41) is 9.77. The molecule has 0 saturated carbocycles.